The van der Waals surface area contributed by atoms with Crippen molar-refractivity contribution in [3.05, 3.63) is 0 Å². The molecular formula is C15H31NO. The number of rotatable bonds is 7. The van der Waals surface area contributed by atoms with E-state index in [0.717, 1.165) is 12.0 Å². The molecule has 102 valence electrons. The Kier molecular flexibility index (Phi) is 7.14. The summed E-state index contributed by atoms with van der Waals surface area (Å²) in [4.78, 5) is 0. The van der Waals surface area contributed by atoms with Crippen LogP contribution in [0.4, 0.5) is 0 Å². The number of methoxy groups -OCH3 is 1. The summed E-state index contributed by atoms with van der Waals surface area (Å²) in [6.45, 7) is 6.96. The Balaban J connectivity index is 2.08. The van der Waals surface area contributed by atoms with E-state index in [1.165, 1.54) is 44.9 Å². The Morgan fingerprint density at radius 1 is 1.06 bits per heavy atom. The Hall–Kier alpha value is -0.0800. The topological polar surface area (TPSA) is 21.3 Å². The fraction of sp³-hybridized carbons (Fsp3) is 1.00. The van der Waals surface area contributed by atoms with Crippen LogP contribution in [0.2, 0.25) is 0 Å². The first-order chi connectivity index (χ1) is 8.11. The van der Waals surface area contributed by atoms with Gasteiger partial charge in [-0.05, 0) is 44.9 Å². The van der Waals surface area contributed by atoms with E-state index in [1.54, 1.807) is 0 Å². The molecule has 1 atom stereocenters. The van der Waals surface area contributed by atoms with Crippen molar-refractivity contribution in [1.82, 2.24) is 5.32 Å². The molecule has 0 aromatic heterocycles. The van der Waals surface area contributed by atoms with Gasteiger partial charge in [-0.2, -0.15) is 0 Å². The van der Waals surface area contributed by atoms with Crippen molar-refractivity contribution >= 4 is 0 Å². The first kappa shape index (κ1) is 15.0. The molecule has 0 amide bonds. The lowest BCUT2D eigenvalue weighted by Gasteiger charge is -2.30. The summed E-state index contributed by atoms with van der Waals surface area (Å²) < 4.78 is 5.41. The standard InChI is InChI=1S/C15H31NO/c1-12(2)6-5-7-13(3)16-14-8-10-15(17-4)11-9-14/h12-16H,5-11H2,1-4H3. The maximum absolute atomic E-state index is 5.41. The van der Waals surface area contributed by atoms with Crippen LogP contribution >= 0.6 is 0 Å². The van der Waals surface area contributed by atoms with Gasteiger partial charge in [-0.1, -0.05) is 26.7 Å². The molecule has 1 rings (SSSR count). The molecule has 0 radical (unpaired) electrons. The van der Waals surface area contributed by atoms with Gasteiger partial charge < -0.3 is 10.1 Å². The highest BCUT2D eigenvalue weighted by Crippen LogP contribution is 2.21. The lowest BCUT2D eigenvalue weighted by atomic mass is 9.92. The van der Waals surface area contributed by atoms with E-state index in [0.29, 0.717) is 12.1 Å². The third-order valence-corrected chi connectivity index (χ3v) is 3.95. The Morgan fingerprint density at radius 2 is 1.71 bits per heavy atom. The zero-order valence-corrected chi connectivity index (χ0v) is 12.2. The minimum atomic E-state index is 0.518. The Labute approximate surface area is 108 Å². The molecule has 1 aliphatic rings. The number of nitrogens with one attached hydrogen (secondary N) is 1. The molecule has 1 fully saturated rings. The van der Waals surface area contributed by atoms with Crippen molar-refractivity contribution in [2.24, 2.45) is 5.92 Å². The summed E-state index contributed by atoms with van der Waals surface area (Å²) in [6, 6.07) is 1.41. The highest BCUT2D eigenvalue weighted by Gasteiger charge is 2.21. The molecule has 0 spiro atoms. The van der Waals surface area contributed by atoms with Crippen LogP contribution in [0.25, 0.3) is 0 Å². The predicted octanol–water partition coefficient (Wildman–Crippen LogP) is 3.75. The first-order valence-corrected chi connectivity index (χ1v) is 7.40. The van der Waals surface area contributed by atoms with Gasteiger partial charge in [0.05, 0.1) is 6.10 Å². The molecule has 17 heavy (non-hydrogen) atoms. The van der Waals surface area contributed by atoms with Crippen LogP contribution in [-0.4, -0.2) is 25.3 Å². The highest BCUT2D eigenvalue weighted by molar-refractivity contribution is 4.79. The van der Waals surface area contributed by atoms with Gasteiger partial charge in [-0.25, -0.2) is 0 Å². The van der Waals surface area contributed by atoms with Crippen molar-refractivity contribution in [1.29, 1.82) is 0 Å². The van der Waals surface area contributed by atoms with Crippen molar-refractivity contribution < 1.29 is 4.74 Å². The van der Waals surface area contributed by atoms with Crippen molar-refractivity contribution in [2.45, 2.75) is 83.9 Å². The molecule has 1 N–H and O–H groups in total. The van der Waals surface area contributed by atoms with Crippen LogP contribution in [0.15, 0.2) is 0 Å². The molecule has 1 saturated carbocycles. The second-order valence-corrected chi connectivity index (χ2v) is 6.10. The van der Waals surface area contributed by atoms with Crippen LogP contribution in [-0.2, 0) is 4.74 Å². The maximum Gasteiger partial charge on any atom is 0.0572 e. The van der Waals surface area contributed by atoms with Crippen molar-refractivity contribution in [2.75, 3.05) is 7.11 Å². The molecule has 0 aliphatic heterocycles. The third-order valence-electron chi connectivity index (χ3n) is 3.95. The van der Waals surface area contributed by atoms with Crippen LogP contribution in [0.5, 0.6) is 0 Å². The van der Waals surface area contributed by atoms with E-state index in [1.807, 2.05) is 7.11 Å². The summed E-state index contributed by atoms with van der Waals surface area (Å²) in [6.07, 6.45) is 9.59. The average molecular weight is 241 g/mol. The highest BCUT2D eigenvalue weighted by atomic mass is 16.5. The smallest absolute Gasteiger partial charge is 0.0572 e. The van der Waals surface area contributed by atoms with E-state index in [-0.39, 0.29) is 0 Å². The largest absolute Gasteiger partial charge is 0.381 e. The molecule has 1 aliphatic carbocycles. The van der Waals surface area contributed by atoms with Crippen LogP contribution in [0.1, 0.15) is 65.7 Å². The summed E-state index contributed by atoms with van der Waals surface area (Å²) in [7, 11) is 1.84. The third kappa shape index (κ3) is 6.42. The zero-order valence-electron chi connectivity index (χ0n) is 12.2. The molecule has 0 bridgehead atoms. The van der Waals surface area contributed by atoms with Crippen molar-refractivity contribution in [3.8, 4) is 0 Å². The van der Waals surface area contributed by atoms with Crippen LogP contribution < -0.4 is 5.32 Å². The monoisotopic (exact) mass is 241 g/mol. The van der Waals surface area contributed by atoms with Crippen LogP contribution in [0, 0.1) is 5.92 Å². The van der Waals surface area contributed by atoms with Gasteiger partial charge in [0.15, 0.2) is 0 Å². The molecular weight excluding hydrogens is 210 g/mol. The number of hydrogen-bond acceptors (Lipinski definition) is 2. The molecule has 2 heteroatoms. The molecule has 2 nitrogen and oxygen atoms in total. The van der Waals surface area contributed by atoms with Gasteiger partial charge >= 0.3 is 0 Å². The van der Waals surface area contributed by atoms with Gasteiger partial charge in [0.1, 0.15) is 0 Å². The quantitative estimate of drug-likeness (QED) is 0.733. The summed E-state index contributed by atoms with van der Waals surface area (Å²) in [5.74, 6) is 0.847. The van der Waals surface area contributed by atoms with Gasteiger partial charge in [0.25, 0.3) is 0 Å². The van der Waals surface area contributed by atoms with E-state index >= 15 is 0 Å². The molecule has 1 unspecified atom stereocenters. The fourth-order valence-electron chi connectivity index (χ4n) is 2.78. The van der Waals surface area contributed by atoms with Gasteiger partial charge in [0, 0.05) is 19.2 Å². The zero-order chi connectivity index (χ0) is 12.7. The lowest BCUT2D eigenvalue weighted by molar-refractivity contribution is 0.0612. The van der Waals surface area contributed by atoms with Crippen LogP contribution in [0.3, 0.4) is 0 Å². The van der Waals surface area contributed by atoms with Gasteiger partial charge in [0.2, 0.25) is 0 Å². The fourth-order valence-corrected chi connectivity index (χ4v) is 2.78. The Morgan fingerprint density at radius 3 is 2.24 bits per heavy atom. The minimum Gasteiger partial charge on any atom is -0.381 e. The lowest BCUT2D eigenvalue weighted by Crippen LogP contribution is -2.40. The second kappa shape index (κ2) is 8.10. The first-order valence-electron chi connectivity index (χ1n) is 7.40. The molecule has 0 aromatic rings. The number of hydrogen-bond donors (Lipinski definition) is 1. The summed E-state index contributed by atoms with van der Waals surface area (Å²) >= 11 is 0. The van der Waals surface area contributed by atoms with Crippen molar-refractivity contribution in [3.63, 3.8) is 0 Å². The number of ether oxygens (including phenoxy) is 1. The SMILES string of the molecule is COC1CCC(NC(C)CCCC(C)C)CC1. The van der Waals surface area contributed by atoms with Gasteiger partial charge in [-0.15, -0.1) is 0 Å². The second-order valence-electron chi connectivity index (χ2n) is 6.10. The summed E-state index contributed by atoms with van der Waals surface area (Å²) in [5.41, 5.74) is 0. The summed E-state index contributed by atoms with van der Waals surface area (Å²) in [5, 5.41) is 3.78. The predicted molar refractivity (Wildman–Crippen MR) is 74.3 cm³/mol. The van der Waals surface area contributed by atoms with Gasteiger partial charge in [-0.3, -0.25) is 0 Å². The van der Waals surface area contributed by atoms with E-state index in [2.05, 4.69) is 26.1 Å². The molecule has 0 heterocycles. The normalized spacial score (nSPS) is 27.4. The molecule has 0 aromatic carbocycles. The average Bonchev–Trinajstić information content (AvgIpc) is 2.29. The Bertz CT molecular complexity index is 185. The van der Waals surface area contributed by atoms with E-state index < -0.39 is 0 Å². The maximum atomic E-state index is 5.41. The van der Waals surface area contributed by atoms with E-state index in [4.69, 9.17) is 4.74 Å². The van der Waals surface area contributed by atoms with E-state index in [9.17, 15) is 0 Å². The minimum absolute atomic E-state index is 0.518. The molecule has 0 saturated heterocycles.